The second kappa shape index (κ2) is 12.1. The van der Waals surface area contributed by atoms with Crippen LogP contribution in [0.5, 0.6) is 0 Å². The van der Waals surface area contributed by atoms with Crippen LogP contribution < -0.4 is 4.90 Å². The largest absolute Gasteiger partial charge is 0.337 e. The maximum Gasteiger partial charge on any atom is 0.270 e. The van der Waals surface area contributed by atoms with E-state index in [-0.39, 0.29) is 11.8 Å². The van der Waals surface area contributed by atoms with Gasteiger partial charge in [0.05, 0.1) is 13.1 Å². The molecule has 3 aromatic carbocycles. The molecule has 0 atom stereocenters. The number of amides is 2. The van der Waals surface area contributed by atoms with Crippen molar-refractivity contribution < 1.29 is 9.59 Å². The Morgan fingerprint density at radius 3 is 2.18 bits per heavy atom. The van der Waals surface area contributed by atoms with Crippen LogP contribution in [0.3, 0.4) is 0 Å². The number of piperidine rings is 2. The molecule has 4 aromatic rings. The molecule has 226 valence electrons. The number of aryl methyl sites for hydroxylation is 2. The zero-order valence-corrected chi connectivity index (χ0v) is 26.0. The number of carbonyl (C=O) groups excluding carboxylic acids is 2. The highest BCUT2D eigenvalue weighted by Crippen LogP contribution is 2.33. The van der Waals surface area contributed by atoms with E-state index in [9.17, 15) is 9.59 Å². The number of aromatic nitrogens is 1. The van der Waals surface area contributed by atoms with Gasteiger partial charge in [0.1, 0.15) is 5.69 Å². The lowest BCUT2D eigenvalue weighted by Crippen LogP contribution is -2.48. The Bertz CT molecular complexity index is 1690. The maximum absolute atomic E-state index is 14.2. The van der Waals surface area contributed by atoms with Crippen molar-refractivity contribution in [1.29, 1.82) is 0 Å². The molecule has 44 heavy (non-hydrogen) atoms. The van der Waals surface area contributed by atoms with E-state index in [1.807, 2.05) is 52.3 Å². The first-order valence-electron chi connectivity index (χ1n) is 16.3. The van der Waals surface area contributed by atoms with Crippen molar-refractivity contribution in [2.75, 3.05) is 31.1 Å². The molecule has 2 fully saturated rings. The molecule has 6 heteroatoms. The minimum atomic E-state index is -0.0285. The van der Waals surface area contributed by atoms with E-state index in [0.717, 1.165) is 59.7 Å². The van der Waals surface area contributed by atoms with Crippen LogP contribution in [0.2, 0.25) is 0 Å². The summed E-state index contributed by atoms with van der Waals surface area (Å²) in [6.07, 6.45) is 6.04. The fourth-order valence-corrected chi connectivity index (χ4v) is 7.54. The molecule has 0 bridgehead atoms. The van der Waals surface area contributed by atoms with Crippen molar-refractivity contribution >= 4 is 17.5 Å². The number of hydrogen-bond donors (Lipinski definition) is 0. The summed E-state index contributed by atoms with van der Waals surface area (Å²) in [5, 5.41) is 0. The van der Waals surface area contributed by atoms with Crippen molar-refractivity contribution in [2.45, 2.75) is 65.1 Å². The highest BCUT2D eigenvalue weighted by molar-refractivity contribution is 6.07. The Kier molecular flexibility index (Phi) is 7.85. The highest BCUT2D eigenvalue weighted by atomic mass is 16.2. The summed E-state index contributed by atoms with van der Waals surface area (Å²) in [4.78, 5) is 34.7. The lowest BCUT2D eigenvalue weighted by atomic mass is 9.95. The highest BCUT2D eigenvalue weighted by Gasteiger charge is 2.32. The number of rotatable bonds is 4. The van der Waals surface area contributed by atoms with Gasteiger partial charge in [0.25, 0.3) is 11.8 Å². The normalized spacial score (nSPS) is 17.6. The Labute approximate surface area is 260 Å². The number of carbonyl (C=O) groups is 2. The minimum absolute atomic E-state index is 0.0285. The van der Waals surface area contributed by atoms with Gasteiger partial charge >= 0.3 is 0 Å². The van der Waals surface area contributed by atoms with Gasteiger partial charge in [-0.15, -0.1) is 0 Å². The predicted octanol–water partition coefficient (Wildman–Crippen LogP) is 7.07. The average molecular weight is 587 g/mol. The number of benzene rings is 3. The zero-order valence-electron chi connectivity index (χ0n) is 26.0. The summed E-state index contributed by atoms with van der Waals surface area (Å²) >= 11 is 0. The second-order valence-electron chi connectivity index (χ2n) is 12.8. The van der Waals surface area contributed by atoms with E-state index in [0.29, 0.717) is 24.7 Å². The molecule has 7 rings (SSSR count). The molecule has 3 aliphatic heterocycles. The van der Waals surface area contributed by atoms with Crippen molar-refractivity contribution in [2.24, 2.45) is 0 Å². The molecule has 0 radical (unpaired) electrons. The van der Waals surface area contributed by atoms with E-state index in [1.54, 1.807) is 0 Å². The van der Waals surface area contributed by atoms with Crippen LogP contribution in [0.25, 0.3) is 11.1 Å². The number of hydrogen-bond acceptors (Lipinski definition) is 3. The lowest BCUT2D eigenvalue weighted by Gasteiger charge is -2.40. The van der Waals surface area contributed by atoms with E-state index in [1.165, 1.54) is 43.5 Å². The molecule has 2 amide bonds. The summed E-state index contributed by atoms with van der Waals surface area (Å²) in [5.41, 5.74) is 8.95. The van der Waals surface area contributed by atoms with Gasteiger partial charge in [-0.25, -0.2) is 0 Å². The molecule has 0 spiro atoms. The molecule has 4 heterocycles. The summed E-state index contributed by atoms with van der Waals surface area (Å²) in [6, 6.07) is 27.1. The summed E-state index contributed by atoms with van der Waals surface area (Å²) < 4.78 is 2.14. The number of fused-ring (bicyclic) bond motifs is 2. The fourth-order valence-electron chi connectivity index (χ4n) is 7.54. The zero-order chi connectivity index (χ0) is 30.2. The van der Waals surface area contributed by atoms with Crippen LogP contribution in [0.4, 0.5) is 5.69 Å². The molecule has 6 nitrogen and oxygen atoms in total. The number of anilines is 1. The van der Waals surface area contributed by atoms with E-state index in [4.69, 9.17) is 0 Å². The minimum Gasteiger partial charge on any atom is -0.337 e. The standard InChI is InChI=1S/C38H42N4O2/c1-27-10-4-6-12-33(27)34-16-14-29(24-28(34)2)37(43)42-26-32-15-17-36(41(32)25-30-11-5-7-13-35(30)42)38(44)40-22-18-31(19-23-40)39-20-8-3-9-21-39/h4-7,10-17,24,31H,3,8-9,18-23,25-26H2,1-2H3. The van der Waals surface area contributed by atoms with Gasteiger partial charge in [-0.1, -0.05) is 55.0 Å². The van der Waals surface area contributed by atoms with Crippen LogP contribution in [0.1, 0.15) is 75.3 Å². The Balaban J connectivity index is 1.13. The molecule has 3 aliphatic rings. The van der Waals surface area contributed by atoms with Crippen molar-refractivity contribution in [3.05, 3.63) is 113 Å². The van der Waals surface area contributed by atoms with Crippen molar-refractivity contribution in [1.82, 2.24) is 14.4 Å². The van der Waals surface area contributed by atoms with Gasteiger partial charge in [-0.2, -0.15) is 0 Å². The molecular weight excluding hydrogens is 544 g/mol. The molecule has 2 saturated heterocycles. The lowest BCUT2D eigenvalue weighted by molar-refractivity contribution is 0.0580. The van der Waals surface area contributed by atoms with Crippen molar-refractivity contribution in [3.8, 4) is 11.1 Å². The maximum atomic E-state index is 14.2. The van der Waals surface area contributed by atoms with Gasteiger partial charge in [0.15, 0.2) is 0 Å². The third kappa shape index (κ3) is 5.36. The average Bonchev–Trinajstić information content (AvgIpc) is 3.37. The molecule has 0 unspecified atom stereocenters. The SMILES string of the molecule is Cc1ccccc1-c1ccc(C(=O)N2Cc3ccc(C(=O)N4CCC(N5CCCCC5)CC4)n3Cc3ccccc32)cc1C. The predicted molar refractivity (Wildman–Crippen MR) is 176 cm³/mol. The first-order chi connectivity index (χ1) is 21.5. The molecule has 0 N–H and O–H groups in total. The van der Waals surface area contributed by atoms with Crippen LogP contribution in [-0.4, -0.2) is 58.4 Å². The molecule has 0 aliphatic carbocycles. The quantitative estimate of drug-likeness (QED) is 0.257. The topological polar surface area (TPSA) is 48.8 Å². The monoisotopic (exact) mass is 586 g/mol. The Hall–Kier alpha value is -4.16. The summed E-state index contributed by atoms with van der Waals surface area (Å²) in [6.45, 7) is 9.20. The Morgan fingerprint density at radius 1 is 0.682 bits per heavy atom. The van der Waals surface area contributed by atoms with Crippen molar-refractivity contribution in [3.63, 3.8) is 0 Å². The van der Waals surface area contributed by atoms with Crippen LogP contribution in [0.15, 0.2) is 78.9 Å². The first-order valence-corrected chi connectivity index (χ1v) is 16.3. The molecular formula is C38H42N4O2. The number of likely N-dealkylation sites (tertiary alicyclic amines) is 2. The van der Waals surface area contributed by atoms with E-state index >= 15 is 0 Å². The molecule has 0 saturated carbocycles. The first kappa shape index (κ1) is 28.6. The number of nitrogens with zero attached hydrogens (tertiary/aromatic N) is 4. The third-order valence-electron chi connectivity index (χ3n) is 10.0. The van der Waals surface area contributed by atoms with Crippen LogP contribution in [-0.2, 0) is 13.1 Å². The van der Waals surface area contributed by atoms with Crippen LogP contribution in [0, 0.1) is 13.8 Å². The smallest absolute Gasteiger partial charge is 0.270 e. The summed E-state index contributed by atoms with van der Waals surface area (Å²) in [5.74, 6) is 0.0761. The van der Waals surface area contributed by atoms with Gasteiger partial charge in [-0.05, 0) is 111 Å². The van der Waals surface area contributed by atoms with Gasteiger partial charge in [0.2, 0.25) is 0 Å². The second-order valence-corrected chi connectivity index (χ2v) is 12.8. The third-order valence-corrected chi connectivity index (χ3v) is 10.0. The van der Waals surface area contributed by atoms with E-state index in [2.05, 4.69) is 59.7 Å². The van der Waals surface area contributed by atoms with Gasteiger partial charge in [0, 0.05) is 36.1 Å². The summed E-state index contributed by atoms with van der Waals surface area (Å²) in [7, 11) is 0. The number of para-hydroxylation sites is 1. The van der Waals surface area contributed by atoms with Gasteiger partial charge < -0.3 is 19.3 Å². The Morgan fingerprint density at radius 2 is 1.41 bits per heavy atom. The van der Waals surface area contributed by atoms with Crippen LogP contribution >= 0.6 is 0 Å². The van der Waals surface area contributed by atoms with Gasteiger partial charge in [-0.3, -0.25) is 9.59 Å². The van der Waals surface area contributed by atoms with E-state index < -0.39 is 0 Å². The molecule has 1 aromatic heterocycles. The fraction of sp³-hybridized carbons (Fsp3) is 0.368.